The number of para-hydroxylation sites is 1. The number of pyridine rings is 1. The number of aromatic nitrogens is 4. The first-order valence-corrected chi connectivity index (χ1v) is 9.31. The second-order valence-electron chi connectivity index (χ2n) is 6.69. The molecular weight excluding hydrogens is 393 g/mol. The smallest absolute Gasteiger partial charge is 0.276 e. The van der Waals surface area contributed by atoms with Gasteiger partial charge in [0.2, 0.25) is 0 Å². The normalized spacial score (nSPS) is 11.0. The lowest BCUT2D eigenvalue weighted by Gasteiger charge is -2.15. The molecule has 6 nitrogen and oxygen atoms in total. The fourth-order valence-corrected chi connectivity index (χ4v) is 3.23. The van der Waals surface area contributed by atoms with Crippen LogP contribution in [0.4, 0.5) is 4.39 Å². The van der Waals surface area contributed by atoms with Crippen LogP contribution in [0.5, 0.6) is 0 Å². The van der Waals surface area contributed by atoms with Gasteiger partial charge in [-0.1, -0.05) is 47.1 Å². The van der Waals surface area contributed by atoms with Gasteiger partial charge in [0.25, 0.3) is 5.91 Å². The molecule has 8 heteroatoms. The molecule has 0 spiro atoms. The fourth-order valence-electron chi connectivity index (χ4n) is 3.00. The highest BCUT2D eigenvalue weighted by Crippen LogP contribution is 2.18. The van der Waals surface area contributed by atoms with Gasteiger partial charge in [-0.3, -0.25) is 9.78 Å². The Morgan fingerprint density at radius 1 is 1.17 bits per heavy atom. The number of fused-ring (bicyclic) bond motifs is 1. The van der Waals surface area contributed by atoms with Crippen molar-refractivity contribution in [3.8, 4) is 0 Å². The molecule has 0 saturated carbocycles. The van der Waals surface area contributed by atoms with Gasteiger partial charge in [-0.2, -0.15) is 0 Å². The molecule has 2 heterocycles. The van der Waals surface area contributed by atoms with Crippen molar-refractivity contribution in [2.24, 2.45) is 0 Å². The topological polar surface area (TPSA) is 63.9 Å². The highest BCUT2D eigenvalue weighted by molar-refractivity contribution is 6.31. The number of benzene rings is 2. The van der Waals surface area contributed by atoms with E-state index in [0.29, 0.717) is 17.1 Å². The Bertz CT molecular complexity index is 1190. The minimum Gasteiger partial charge on any atom is -0.334 e. The third kappa shape index (κ3) is 4.25. The van der Waals surface area contributed by atoms with E-state index in [1.807, 2.05) is 36.4 Å². The predicted molar refractivity (Wildman–Crippen MR) is 108 cm³/mol. The van der Waals surface area contributed by atoms with E-state index in [-0.39, 0.29) is 18.1 Å². The lowest BCUT2D eigenvalue weighted by Crippen LogP contribution is -2.27. The Morgan fingerprint density at radius 3 is 2.83 bits per heavy atom. The Hall–Kier alpha value is -3.32. The molecule has 1 amide bonds. The van der Waals surface area contributed by atoms with Crippen LogP contribution in [-0.2, 0) is 13.1 Å². The summed E-state index contributed by atoms with van der Waals surface area (Å²) in [6.45, 7) is 0.635. The molecule has 0 atom stereocenters. The minimum atomic E-state index is -0.405. The molecule has 0 saturated heterocycles. The van der Waals surface area contributed by atoms with Crippen molar-refractivity contribution in [3.05, 3.63) is 88.6 Å². The van der Waals surface area contributed by atoms with Crippen molar-refractivity contribution in [1.82, 2.24) is 24.9 Å². The van der Waals surface area contributed by atoms with Crippen molar-refractivity contribution in [3.63, 3.8) is 0 Å². The lowest BCUT2D eigenvalue weighted by molar-refractivity contribution is 0.0777. The number of amides is 1. The minimum absolute atomic E-state index is 0.214. The zero-order chi connectivity index (χ0) is 20.4. The van der Waals surface area contributed by atoms with Gasteiger partial charge in [0, 0.05) is 17.5 Å². The molecule has 4 rings (SSSR count). The average molecular weight is 410 g/mol. The van der Waals surface area contributed by atoms with E-state index in [0.717, 1.165) is 16.6 Å². The summed E-state index contributed by atoms with van der Waals surface area (Å²) in [7, 11) is 1.69. The first-order chi connectivity index (χ1) is 14.0. The molecule has 0 aliphatic heterocycles. The molecule has 2 aromatic carbocycles. The van der Waals surface area contributed by atoms with Crippen LogP contribution in [-0.4, -0.2) is 37.8 Å². The molecule has 0 unspecified atom stereocenters. The number of carbonyl (C=O) groups is 1. The number of rotatable bonds is 5. The van der Waals surface area contributed by atoms with E-state index >= 15 is 0 Å². The van der Waals surface area contributed by atoms with Gasteiger partial charge in [0.15, 0.2) is 5.69 Å². The number of carbonyl (C=O) groups excluding carboxylic acids is 1. The van der Waals surface area contributed by atoms with Crippen molar-refractivity contribution >= 4 is 28.4 Å². The SMILES string of the molecule is CN(Cc1ccc2ccccc2n1)C(=O)c1cn(Cc2ccc(F)cc2Cl)nn1. The van der Waals surface area contributed by atoms with Gasteiger partial charge >= 0.3 is 0 Å². The Kier molecular flexibility index (Phi) is 5.22. The second-order valence-corrected chi connectivity index (χ2v) is 7.10. The predicted octanol–water partition coefficient (Wildman–Crippen LogP) is 3.94. The second kappa shape index (κ2) is 7.97. The molecule has 0 aliphatic rings. The number of hydrogen-bond donors (Lipinski definition) is 0. The van der Waals surface area contributed by atoms with Crippen LogP contribution in [0.25, 0.3) is 10.9 Å². The van der Waals surface area contributed by atoms with Gasteiger partial charge in [-0.15, -0.1) is 5.10 Å². The number of halogens is 2. The summed E-state index contributed by atoms with van der Waals surface area (Å²) in [6, 6.07) is 15.9. The third-order valence-electron chi connectivity index (χ3n) is 4.51. The summed E-state index contributed by atoms with van der Waals surface area (Å²) >= 11 is 6.05. The molecular formula is C21H17ClFN5O. The zero-order valence-electron chi connectivity index (χ0n) is 15.6. The Balaban J connectivity index is 1.46. The molecule has 0 bridgehead atoms. The maximum absolute atomic E-state index is 13.2. The van der Waals surface area contributed by atoms with Gasteiger partial charge in [0.1, 0.15) is 5.82 Å². The van der Waals surface area contributed by atoms with Gasteiger partial charge in [-0.25, -0.2) is 9.07 Å². The Labute approximate surface area is 171 Å². The molecule has 2 aromatic heterocycles. The van der Waals surface area contributed by atoms with E-state index in [9.17, 15) is 9.18 Å². The first-order valence-electron chi connectivity index (χ1n) is 8.94. The molecule has 0 radical (unpaired) electrons. The summed E-state index contributed by atoms with van der Waals surface area (Å²) in [5, 5.41) is 9.28. The third-order valence-corrected chi connectivity index (χ3v) is 4.86. The van der Waals surface area contributed by atoms with Gasteiger partial charge in [-0.05, 0) is 29.8 Å². The molecule has 0 aliphatic carbocycles. The van der Waals surface area contributed by atoms with Crippen LogP contribution in [0.3, 0.4) is 0 Å². The lowest BCUT2D eigenvalue weighted by atomic mass is 10.2. The average Bonchev–Trinajstić information content (AvgIpc) is 3.18. The standard InChI is InChI=1S/C21H17ClFN5O/c1-27(12-17-9-7-14-4-2-3-5-19(14)24-17)21(29)20-13-28(26-25-20)11-15-6-8-16(23)10-18(15)22/h2-10,13H,11-12H2,1H3. The monoisotopic (exact) mass is 409 g/mol. The van der Waals surface area contributed by atoms with Crippen molar-refractivity contribution in [1.29, 1.82) is 0 Å². The van der Waals surface area contributed by atoms with Crippen LogP contribution in [0, 0.1) is 5.82 Å². The van der Waals surface area contributed by atoms with E-state index in [1.54, 1.807) is 19.3 Å². The molecule has 29 heavy (non-hydrogen) atoms. The first kappa shape index (κ1) is 19.0. The highest BCUT2D eigenvalue weighted by Gasteiger charge is 2.17. The van der Waals surface area contributed by atoms with Gasteiger partial charge in [0.05, 0.1) is 30.5 Å². The fraction of sp³-hybridized carbons (Fsp3) is 0.143. The van der Waals surface area contributed by atoms with E-state index < -0.39 is 5.82 Å². The summed E-state index contributed by atoms with van der Waals surface area (Å²) in [5.74, 6) is -0.673. The highest BCUT2D eigenvalue weighted by atomic mass is 35.5. The molecule has 146 valence electrons. The van der Waals surface area contributed by atoms with Crippen LogP contribution in [0.1, 0.15) is 21.7 Å². The maximum Gasteiger partial charge on any atom is 0.276 e. The number of nitrogens with zero attached hydrogens (tertiary/aromatic N) is 5. The summed E-state index contributed by atoms with van der Waals surface area (Å²) in [4.78, 5) is 18.8. The summed E-state index contributed by atoms with van der Waals surface area (Å²) in [5.41, 5.74) is 2.57. The van der Waals surface area contributed by atoms with Crippen LogP contribution >= 0.6 is 11.6 Å². The van der Waals surface area contributed by atoms with Crippen molar-refractivity contribution in [2.75, 3.05) is 7.05 Å². The van der Waals surface area contributed by atoms with Crippen LogP contribution < -0.4 is 0 Å². The Morgan fingerprint density at radius 2 is 2.00 bits per heavy atom. The van der Waals surface area contributed by atoms with E-state index in [4.69, 9.17) is 11.6 Å². The van der Waals surface area contributed by atoms with Crippen LogP contribution in [0.2, 0.25) is 5.02 Å². The van der Waals surface area contributed by atoms with E-state index in [1.165, 1.54) is 21.7 Å². The zero-order valence-corrected chi connectivity index (χ0v) is 16.3. The quantitative estimate of drug-likeness (QED) is 0.501. The van der Waals surface area contributed by atoms with Crippen LogP contribution in [0.15, 0.2) is 60.8 Å². The molecule has 0 N–H and O–H groups in total. The molecule has 0 fully saturated rings. The summed E-state index contributed by atoms with van der Waals surface area (Å²) in [6.07, 6.45) is 1.55. The van der Waals surface area contributed by atoms with Gasteiger partial charge < -0.3 is 4.90 Å². The largest absolute Gasteiger partial charge is 0.334 e. The van der Waals surface area contributed by atoms with E-state index in [2.05, 4.69) is 15.3 Å². The van der Waals surface area contributed by atoms with Crippen molar-refractivity contribution < 1.29 is 9.18 Å². The summed E-state index contributed by atoms with van der Waals surface area (Å²) < 4.78 is 14.7. The molecule has 4 aromatic rings. The maximum atomic E-state index is 13.2. The van der Waals surface area contributed by atoms with Crippen molar-refractivity contribution in [2.45, 2.75) is 13.1 Å². The number of hydrogen-bond acceptors (Lipinski definition) is 4.